The summed E-state index contributed by atoms with van der Waals surface area (Å²) < 4.78 is 0. The van der Waals surface area contributed by atoms with Gasteiger partial charge in [-0.15, -0.1) is 0 Å². The minimum Gasteiger partial charge on any atom is -0.481 e. The van der Waals surface area contributed by atoms with Gasteiger partial charge in [-0.1, -0.05) is 6.07 Å². The van der Waals surface area contributed by atoms with Crippen molar-refractivity contribution in [2.24, 2.45) is 5.92 Å². The molecule has 1 saturated heterocycles. The Bertz CT molecular complexity index is 353. The summed E-state index contributed by atoms with van der Waals surface area (Å²) >= 11 is 0. The molecule has 86 valence electrons. The van der Waals surface area contributed by atoms with Gasteiger partial charge in [0.05, 0.1) is 11.6 Å². The highest BCUT2D eigenvalue weighted by Crippen LogP contribution is 2.17. The van der Waals surface area contributed by atoms with E-state index in [2.05, 4.69) is 9.88 Å². The van der Waals surface area contributed by atoms with Crippen molar-refractivity contribution in [3.8, 4) is 0 Å². The molecule has 0 saturated carbocycles. The summed E-state index contributed by atoms with van der Waals surface area (Å²) in [5, 5.41) is 8.98. The quantitative estimate of drug-likeness (QED) is 0.836. The molecule has 2 rings (SSSR count). The highest BCUT2D eigenvalue weighted by molar-refractivity contribution is 5.70. The molecule has 0 radical (unpaired) electrons. The first-order chi connectivity index (χ1) is 7.75. The van der Waals surface area contributed by atoms with Gasteiger partial charge in [0.25, 0.3) is 0 Å². The predicted octanol–water partition coefficient (Wildman–Crippen LogP) is 1.38. The standard InChI is InChI=1S/C12H16N2O2/c15-12(16)10-4-3-7-14(8-10)9-11-5-1-2-6-13-11/h1-2,5-6,10H,3-4,7-9H2,(H,15,16)/t10-/m1/s1. The summed E-state index contributed by atoms with van der Waals surface area (Å²) in [5.74, 6) is -0.886. The second-order valence-corrected chi connectivity index (χ2v) is 4.23. The molecule has 1 N–H and O–H groups in total. The van der Waals surface area contributed by atoms with Crippen molar-refractivity contribution < 1.29 is 9.90 Å². The molecule has 0 bridgehead atoms. The van der Waals surface area contributed by atoms with Crippen LogP contribution in [-0.2, 0) is 11.3 Å². The third-order valence-corrected chi connectivity index (χ3v) is 2.97. The number of hydrogen-bond donors (Lipinski definition) is 1. The van der Waals surface area contributed by atoms with Crippen LogP contribution in [0.3, 0.4) is 0 Å². The summed E-state index contributed by atoms with van der Waals surface area (Å²) in [6.45, 7) is 2.37. The largest absolute Gasteiger partial charge is 0.481 e. The van der Waals surface area contributed by atoms with Crippen LogP contribution in [-0.4, -0.2) is 34.0 Å². The number of carboxylic acid groups (broad SMARTS) is 1. The number of carboxylic acids is 1. The zero-order valence-electron chi connectivity index (χ0n) is 9.17. The maximum atomic E-state index is 10.9. The van der Waals surface area contributed by atoms with Gasteiger partial charge in [0, 0.05) is 19.3 Å². The molecule has 1 fully saturated rings. The second-order valence-electron chi connectivity index (χ2n) is 4.23. The van der Waals surface area contributed by atoms with Crippen LogP contribution in [0.5, 0.6) is 0 Å². The monoisotopic (exact) mass is 220 g/mol. The van der Waals surface area contributed by atoms with E-state index in [1.54, 1.807) is 6.20 Å². The molecule has 1 atom stereocenters. The van der Waals surface area contributed by atoms with E-state index in [0.717, 1.165) is 31.6 Å². The Kier molecular flexibility index (Phi) is 3.51. The van der Waals surface area contributed by atoms with Crippen molar-refractivity contribution >= 4 is 5.97 Å². The first-order valence-electron chi connectivity index (χ1n) is 5.61. The molecule has 0 amide bonds. The molecule has 4 heteroatoms. The average Bonchev–Trinajstić information content (AvgIpc) is 2.30. The zero-order chi connectivity index (χ0) is 11.4. The summed E-state index contributed by atoms with van der Waals surface area (Å²) in [6.07, 6.45) is 3.53. The molecule has 2 heterocycles. The van der Waals surface area contributed by atoms with E-state index in [1.165, 1.54) is 0 Å². The van der Waals surface area contributed by atoms with Crippen LogP contribution in [0.4, 0.5) is 0 Å². The molecule has 0 aromatic carbocycles. The second kappa shape index (κ2) is 5.07. The van der Waals surface area contributed by atoms with Crippen molar-refractivity contribution in [3.63, 3.8) is 0 Å². The Morgan fingerprint density at radius 3 is 3.12 bits per heavy atom. The minimum atomic E-state index is -0.675. The van der Waals surface area contributed by atoms with E-state index in [0.29, 0.717) is 6.54 Å². The lowest BCUT2D eigenvalue weighted by atomic mass is 9.98. The average molecular weight is 220 g/mol. The topological polar surface area (TPSA) is 53.4 Å². The maximum absolute atomic E-state index is 10.9. The Hall–Kier alpha value is -1.42. The summed E-state index contributed by atoms with van der Waals surface area (Å²) in [5.41, 5.74) is 1.01. The van der Waals surface area contributed by atoms with Crippen molar-refractivity contribution in [2.75, 3.05) is 13.1 Å². The van der Waals surface area contributed by atoms with Crippen LogP contribution < -0.4 is 0 Å². The number of piperidine rings is 1. The van der Waals surface area contributed by atoms with E-state index in [9.17, 15) is 4.79 Å². The SMILES string of the molecule is O=C(O)[C@@H]1CCCN(Cc2ccccn2)C1. The molecule has 4 nitrogen and oxygen atoms in total. The fourth-order valence-electron chi connectivity index (χ4n) is 2.12. The first kappa shape index (κ1) is 11.1. The van der Waals surface area contributed by atoms with Crippen molar-refractivity contribution in [1.82, 2.24) is 9.88 Å². The van der Waals surface area contributed by atoms with Gasteiger partial charge < -0.3 is 5.11 Å². The van der Waals surface area contributed by atoms with Gasteiger partial charge in [-0.25, -0.2) is 0 Å². The molecular weight excluding hydrogens is 204 g/mol. The number of carbonyl (C=O) groups is 1. The Morgan fingerprint density at radius 2 is 2.44 bits per heavy atom. The van der Waals surface area contributed by atoms with Gasteiger partial charge in [-0.2, -0.15) is 0 Å². The van der Waals surface area contributed by atoms with Crippen LogP contribution in [0.2, 0.25) is 0 Å². The number of rotatable bonds is 3. The number of nitrogens with zero attached hydrogens (tertiary/aromatic N) is 2. The van der Waals surface area contributed by atoms with Gasteiger partial charge >= 0.3 is 5.97 Å². The van der Waals surface area contributed by atoms with Crippen LogP contribution in [0, 0.1) is 5.92 Å². The van der Waals surface area contributed by atoms with Gasteiger partial charge in [0.15, 0.2) is 0 Å². The number of likely N-dealkylation sites (tertiary alicyclic amines) is 1. The van der Waals surface area contributed by atoms with Gasteiger partial charge in [0.2, 0.25) is 0 Å². The molecule has 1 aromatic heterocycles. The Balaban J connectivity index is 1.93. The first-order valence-corrected chi connectivity index (χ1v) is 5.61. The third kappa shape index (κ3) is 2.79. The van der Waals surface area contributed by atoms with Gasteiger partial charge in [-0.05, 0) is 31.5 Å². The van der Waals surface area contributed by atoms with Gasteiger partial charge in [0.1, 0.15) is 0 Å². The summed E-state index contributed by atoms with van der Waals surface area (Å²) in [6, 6.07) is 5.82. The van der Waals surface area contributed by atoms with E-state index in [1.807, 2.05) is 18.2 Å². The lowest BCUT2D eigenvalue weighted by Crippen LogP contribution is -2.38. The lowest BCUT2D eigenvalue weighted by Gasteiger charge is -2.30. The summed E-state index contributed by atoms with van der Waals surface area (Å²) in [4.78, 5) is 17.3. The summed E-state index contributed by atoms with van der Waals surface area (Å²) in [7, 11) is 0. The highest BCUT2D eigenvalue weighted by Gasteiger charge is 2.25. The smallest absolute Gasteiger partial charge is 0.307 e. The Morgan fingerprint density at radius 1 is 1.56 bits per heavy atom. The molecule has 1 aliphatic rings. The fraction of sp³-hybridized carbons (Fsp3) is 0.500. The highest BCUT2D eigenvalue weighted by atomic mass is 16.4. The normalized spacial score (nSPS) is 21.9. The van der Waals surface area contributed by atoms with Gasteiger partial charge in [-0.3, -0.25) is 14.7 Å². The van der Waals surface area contributed by atoms with Crippen molar-refractivity contribution in [2.45, 2.75) is 19.4 Å². The molecule has 1 aliphatic heterocycles. The minimum absolute atomic E-state index is 0.211. The number of hydrogen-bond acceptors (Lipinski definition) is 3. The molecule has 0 unspecified atom stereocenters. The maximum Gasteiger partial charge on any atom is 0.307 e. The molecule has 1 aromatic rings. The predicted molar refractivity (Wildman–Crippen MR) is 59.9 cm³/mol. The molecule has 0 spiro atoms. The molecule has 16 heavy (non-hydrogen) atoms. The number of aromatic nitrogens is 1. The van der Waals surface area contributed by atoms with E-state index < -0.39 is 5.97 Å². The number of pyridine rings is 1. The Labute approximate surface area is 94.9 Å². The van der Waals surface area contributed by atoms with Crippen LogP contribution in [0.15, 0.2) is 24.4 Å². The number of aliphatic carboxylic acids is 1. The van der Waals surface area contributed by atoms with E-state index in [-0.39, 0.29) is 5.92 Å². The third-order valence-electron chi connectivity index (χ3n) is 2.97. The molecular formula is C12H16N2O2. The van der Waals surface area contributed by atoms with E-state index >= 15 is 0 Å². The van der Waals surface area contributed by atoms with Crippen LogP contribution >= 0.6 is 0 Å². The van der Waals surface area contributed by atoms with Crippen molar-refractivity contribution in [1.29, 1.82) is 0 Å². The fourth-order valence-corrected chi connectivity index (χ4v) is 2.12. The van der Waals surface area contributed by atoms with Crippen molar-refractivity contribution in [3.05, 3.63) is 30.1 Å². The van der Waals surface area contributed by atoms with E-state index in [4.69, 9.17) is 5.11 Å². The van der Waals surface area contributed by atoms with Crippen LogP contribution in [0.25, 0.3) is 0 Å². The van der Waals surface area contributed by atoms with Crippen LogP contribution in [0.1, 0.15) is 18.5 Å². The zero-order valence-corrected chi connectivity index (χ0v) is 9.17. The molecule has 0 aliphatic carbocycles. The lowest BCUT2D eigenvalue weighted by molar-refractivity contribution is -0.143.